The molecule has 3 heterocycles. The fourth-order valence-corrected chi connectivity index (χ4v) is 3.56. The minimum atomic E-state index is -4.45. The van der Waals surface area contributed by atoms with E-state index >= 15 is 0 Å². The number of esters is 1. The van der Waals surface area contributed by atoms with Gasteiger partial charge in [0.25, 0.3) is 0 Å². The number of aromatic nitrogens is 2. The highest BCUT2D eigenvalue weighted by Gasteiger charge is 2.32. The molecule has 4 rings (SSSR count). The predicted molar refractivity (Wildman–Crippen MR) is 111 cm³/mol. The third-order valence-electron chi connectivity index (χ3n) is 5.17. The SMILES string of the molecule is COC(=O)c1cc(-c2ccccc2)cnc1N1CC[C@@H](Oc2ccc(C(F)(F)F)cn2)C1. The number of rotatable bonds is 5. The van der Waals surface area contributed by atoms with Gasteiger partial charge in [0.05, 0.1) is 19.2 Å². The van der Waals surface area contributed by atoms with Crippen LogP contribution in [0.2, 0.25) is 0 Å². The summed E-state index contributed by atoms with van der Waals surface area (Å²) < 4.78 is 48.8. The summed E-state index contributed by atoms with van der Waals surface area (Å²) in [7, 11) is 1.31. The largest absolute Gasteiger partial charge is 0.472 e. The molecule has 1 aliphatic rings. The Hall–Kier alpha value is -3.62. The van der Waals surface area contributed by atoms with Crippen molar-refractivity contribution in [2.24, 2.45) is 0 Å². The number of hydrogen-bond acceptors (Lipinski definition) is 6. The molecule has 32 heavy (non-hydrogen) atoms. The van der Waals surface area contributed by atoms with Gasteiger partial charge in [-0.2, -0.15) is 13.2 Å². The van der Waals surface area contributed by atoms with Gasteiger partial charge in [-0.05, 0) is 17.7 Å². The van der Waals surface area contributed by atoms with Crippen molar-refractivity contribution in [3.63, 3.8) is 0 Å². The summed E-state index contributed by atoms with van der Waals surface area (Å²) in [6.45, 7) is 0.970. The van der Waals surface area contributed by atoms with Crippen LogP contribution in [0.1, 0.15) is 22.3 Å². The zero-order valence-corrected chi connectivity index (χ0v) is 17.2. The van der Waals surface area contributed by atoms with Crippen LogP contribution in [-0.4, -0.2) is 42.2 Å². The van der Waals surface area contributed by atoms with Gasteiger partial charge in [0, 0.05) is 37.0 Å². The molecule has 0 N–H and O–H groups in total. The highest BCUT2D eigenvalue weighted by molar-refractivity contribution is 5.96. The molecule has 0 spiro atoms. The average Bonchev–Trinajstić information content (AvgIpc) is 3.26. The van der Waals surface area contributed by atoms with E-state index in [2.05, 4.69) is 9.97 Å². The van der Waals surface area contributed by atoms with E-state index in [1.165, 1.54) is 13.2 Å². The van der Waals surface area contributed by atoms with Crippen LogP contribution < -0.4 is 9.64 Å². The molecule has 0 saturated carbocycles. The van der Waals surface area contributed by atoms with Crippen LogP contribution in [0, 0.1) is 0 Å². The van der Waals surface area contributed by atoms with E-state index in [1.54, 1.807) is 12.3 Å². The highest BCUT2D eigenvalue weighted by atomic mass is 19.4. The van der Waals surface area contributed by atoms with Gasteiger partial charge in [-0.25, -0.2) is 14.8 Å². The zero-order valence-electron chi connectivity index (χ0n) is 17.2. The first-order valence-corrected chi connectivity index (χ1v) is 9.94. The molecule has 9 heteroatoms. The van der Waals surface area contributed by atoms with Crippen molar-refractivity contribution >= 4 is 11.8 Å². The molecule has 1 atom stereocenters. The Morgan fingerprint density at radius 3 is 2.50 bits per heavy atom. The summed E-state index contributed by atoms with van der Waals surface area (Å²) in [6.07, 6.45) is -1.70. The third-order valence-corrected chi connectivity index (χ3v) is 5.17. The maximum absolute atomic E-state index is 12.7. The number of pyridine rings is 2. The summed E-state index contributed by atoms with van der Waals surface area (Å²) in [5.41, 5.74) is 1.22. The van der Waals surface area contributed by atoms with Crippen LogP contribution in [0.4, 0.5) is 19.0 Å². The van der Waals surface area contributed by atoms with Crippen LogP contribution in [0.3, 0.4) is 0 Å². The topological polar surface area (TPSA) is 64.5 Å². The Morgan fingerprint density at radius 2 is 1.84 bits per heavy atom. The number of methoxy groups -OCH3 is 1. The molecule has 0 unspecified atom stereocenters. The predicted octanol–water partition coefficient (Wildman–Crippen LogP) is 4.61. The summed E-state index contributed by atoms with van der Waals surface area (Å²) in [5.74, 6) is 0.0903. The Kier molecular flexibility index (Phi) is 5.98. The molecule has 0 radical (unpaired) electrons. The van der Waals surface area contributed by atoms with Crippen molar-refractivity contribution in [2.75, 3.05) is 25.1 Å². The monoisotopic (exact) mass is 443 g/mol. The third kappa shape index (κ3) is 4.66. The molecule has 2 aromatic heterocycles. The van der Waals surface area contributed by atoms with Crippen LogP contribution in [0.15, 0.2) is 60.9 Å². The van der Waals surface area contributed by atoms with Gasteiger partial charge in [0.15, 0.2) is 0 Å². The van der Waals surface area contributed by atoms with Gasteiger partial charge in [-0.15, -0.1) is 0 Å². The van der Waals surface area contributed by atoms with E-state index in [0.717, 1.165) is 23.4 Å². The first-order chi connectivity index (χ1) is 15.3. The zero-order chi connectivity index (χ0) is 22.7. The smallest absolute Gasteiger partial charge is 0.417 e. The summed E-state index contributed by atoms with van der Waals surface area (Å²) in [4.78, 5) is 22.6. The fraction of sp³-hybridized carbons (Fsp3) is 0.261. The lowest BCUT2D eigenvalue weighted by Gasteiger charge is -2.20. The van der Waals surface area contributed by atoms with E-state index in [-0.39, 0.29) is 12.0 Å². The minimum Gasteiger partial charge on any atom is -0.472 e. The quantitative estimate of drug-likeness (QED) is 0.537. The Bertz CT molecular complexity index is 1090. The number of hydrogen-bond donors (Lipinski definition) is 0. The molecule has 1 fully saturated rings. The molecule has 166 valence electrons. The van der Waals surface area contributed by atoms with Crippen molar-refractivity contribution in [1.82, 2.24) is 9.97 Å². The van der Waals surface area contributed by atoms with E-state index in [4.69, 9.17) is 9.47 Å². The van der Waals surface area contributed by atoms with Gasteiger partial charge in [0.1, 0.15) is 17.5 Å². The average molecular weight is 443 g/mol. The summed E-state index contributed by atoms with van der Waals surface area (Å²) in [6, 6.07) is 13.4. The van der Waals surface area contributed by atoms with Crippen LogP contribution in [0.5, 0.6) is 5.88 Å². The Balaban J connectivity index is 1.51. The molecule has 0 bridgehead atoms. The molecule has 3 aromatic rings. The number of anilines is 1. The number of nitrogens with zero attached hydrogens (tertiary/aromatic N) is 3. The lowest BCUT2D eigenvalue weighted by molar-refractivity contribution is -0.137. The molecular weight excluding hydrogens is 423 g/mol. The second-order valence-electron chi connectivity index (χ2n) is 7.31. The van der Waals surface area contributed by atoms with Crippen LogP contribution in [-0.2, 0) is 10.9 Å². The molecule has 1 aliphatic heterocycles. The molecule has 0 aliphatic carbocycles. The molecule has 1 aromatic carbocycles. The normalized spacial score (nSPS) is 16.1. The van der Waals surface area contributed by atoms with E-state index in [1.807, 2.05) is 35.2 Å². The first kappa shape index (κ1) is 21.6. The van der Waals surface area contributed by atoms with Crippen molar-refractivity contribution in [1.29, 1.82) is 0 Å². The van der Waals surface area contributed by atoms with Crippen molar-refractivity contribution in [3.05, 3.63) is 72.1 Å². The lowest BCUT2D eigenvalue weighted by atomic mass is 10.1. The summed E-state index contributed by atoms with van der Waals surface area (Å²) >= 11 is 0. The standard InChI is InChI=1S/C23H20F3N3O3/c1-31-22(30)19-11-16(15-5-3-2-4-6-15)12-28-21(19)29-10-9-18(14-29)32-20-8-7-17(13-27-20)23(24,25)26/h2-8,11-13,18H,9-10,14H2,1H3/t18-/m1/s1. The maximum atomic E-state index is 12.7. The second-order valence-corrected chi connectivity index (χ2v) is 7.31. The number of halogens is 3. The number of ether oxygens (including phenoxy) is 2. The summed E-state index contributed by atoms with van der Waals surface area (Å²) in [5, 5.41) is 0. The van der Waals surface area contributed by atoms with Crippen molar-refractivity contribution < 1.29 is 27.4 Å². The van der Waals surface area contributed by atoms with E-state index in [0.29, 0.717) is 30.9 Å². The number of alkyl halides is 3. The van der Waals surface area contributed by atoms with Crippen LogP contribution >= 0.6 is 0 Å². The second kappa shape index (κ2) is 8.86. The molecular formula is C23H20F3N3O3. The van der Waals surface area contributed by atoms with Gasteiger partial charge in [0.2, 0.25) is 5.88 Å². The van der Waals surface area contributed by atoms with Gasteiger partial charge >= 0.3 is 12.1 Å². The van der Waals surface area contributed by atoms with Crippen molar-refractivity contribution in [3.8, 4) is 17.0 Å². The Labute approximate surface area is 182 Å². The minimum absolute atomic E-state index is 0.116. The van der Waals surface area contributed by atoms with Gasteiger partial charge < -0.3 is 14.4 Å². The molecule has 0 amide bonds. The molecule has 6 nitrogen and oxygen atoms in total. The first-order valence-electron chi connectivity index (χ1n) is 9.94. The van der Waals surface area contributed by atoms with Gasteiger partial charge in [-0.3, -0.25) is 0 Å². The van der Waals surface area contributed by atoms with Crippen LogP contribution in [0.25, 0.3) is 11.1 Å². The van der Waals surface area contributed by atoms with Crippen molar-refractivity contribution in [2.45, 2.75) is 18.7 Å². The Morgan fingerprint density at radius 1 is 1.06 bits per heavy atom. The highest BCUT2D eigenvalue weighted by Crippen LogP contribution is 2.31. The van der Waals surface area contributed by atoms with Gasteiger partial charge in [-0.1, -0.05) is 30.3 Å². The molecule has 1 saturated heterocycles. The van der Waals surface area contributed by atoms with E-state index in [9.17, 15) is 18.0 Å². The number of carbonyl (C=O) groups excluding carboxylic acids is 1. The number of carbonyl (C=O) groups is 1. The maximum Gasteiger partial charge on any atom is 0.417 e. The van der Waals surface area contributed by atoms with E-state index < -0.39 is 17.7 Å². The number of benzene rings is 1. The lowest BCUT2D eigenvalue weighted by Crippen LogP contribution is -2.27. The fourth-order valence-electron chi connectivity index (χ4n) is 3.56.